The summed E-state index contributed by atoms with van der Waals surface area (Å²) in [6, 6.07) is -1.28. The fraction of sp³-hybridized carbons (Fsp3) is 0.588. The molecule has 11 nitrogen and oxygen atoms in total. The van der Waals surface area contributed by atoms with E-state index in [1.165, 1.54) is 6.08 Å². The van der Waals surface area contributed by atoms with Gasteiger partial charge in [-0.3, -0.25) is 9.59 Å². The summed E-state index contributed by atoms with van der Waals surface area (Å²) < 4.78 is 9.81. The van der Waals surface area contributed by atoms with Crippen LogP contribution in [-0.2, 0) is 28.7 Å². The van der Waals surface area contributed by atoms with Gasteiger partial charge in [0.1, 0.15) is 18.2 Å². The van der Waals surface area contributed by atoms with E-state index in [0.717, 1.165) is 0 Å². The minimum atomic E-state index is -1.28. The van der Waals surface area contributed by atoms with Gasteiger partial charge >= 0.3 is 18.2 Å². The number of hydroxylamine groups is 2. The molecule has 1 fully saturated rings. The Morgan fingerprint density at radius 1 is 1.18 bits per heavy atom. The topological polar surface area (TPSA) is 140 Å². The second kappa shape index (κ2) is 10.3. The molecule has 2 N–H and O–H groups in total. The van der Waals surface area contributed by atoms with Crippen LogP contribution in [0, 0.1) is 0 Å². The molecule has 1 atom stereocenters. The Labute approximate surface area is 162 Å². The smallest absolute Gasteiger partial charge is 0.408 e. The van der Waals surface area contributed by atoms with Gasteiger partial charge in [0.15, 0.2) is 0 Å². The molecule has 4 amide bonds. The first-order valence-corrected chi connectivity index (χ1v) is 8.62. The zero-order chi connectivity index (χ0) is 21.3. The predicted molar refractivity (Wildman–Crippen MR) is 94.5 cm³/mol. The molecule has 0 saturated carbocycles. The van der Waals surface area contributed by atoms with Gasteiger partial charge in [0.2, 0.25) is 0 Å². The van der Waals surface area contributed by atoms with Crippen molar-refractivity contribution in [1.82, 2.24) is 15.7 Å². The van der Waals surface area contributed by atoms with E-state index in [1.807, 2.05) is 0 Å². The zero-order valence-corrected chi connectivity index (χ0v) is 16.1. The van der Waals surface area contributed by atoms with Crippen molar-refractivity contribution in [3.8, 4) is 0 Å². The maximum absolute atomic E-state index is 12.3. The largest absolute Gasteiger partial charge is 0.445 e. The van der Waals surface area contributed by atoms with Crippen LogP contribution in [-0.4, -0.2) is 59.8 Å². The summed E-state index contributed by atoms with van der Waals surface area (Å²) >= 11 is 0. The first kappa shape index (κ1) is 22.9. The van der Waals surface area contributed by atoms with E-state index < -0.39 is 41.6 Å². The van der Waals surface area contributed by atoms with Gasteiger partial charge in [-0.1, -0.05) is 12.7 Å². The van der Waals surface area contributed by atoms with Crippen molar-refractivity contribution in [2.45, 2.75) is 51.7 Å². The number of amides is 4. The molecule has 0 spiro atoms. The number of ether oxygens (including phenoxy) is 2. The molecule has 1 aliphatic rings. The summed E-state index contributed by atoms with van der Waals surface area (Å²) in [5.41, 5.74) is -0.813. The van der Waals surface area contributed by atoms with Crippen LogP contribution in [0.5, 0.6) is 0 Å². The number of imide groups is 1. The van der Waals surface area contributed by atoms with Gasteiger partial charge in [-0.05, 0) is 27.2 Å². The lowest BCUT2D eigenvalue weighted by Crippen LogP contribution is -2.48. The number of nitrogens with zero attached hydrogens (tertiary/aromatic N) is 1. The van der Waals surface area contributed by atoms with Crippen molar-refractivity contribution in [1.29, 1.82) is 0 Å². The predicted octanol–water partition coefficient (Wildman–Crippen LogP) is 0.789. The number of hydrogen-bond donors (Lipinski definition) is 2. The van der Waals surface area contributed by atoms with Gasteiger partial charge in [-0.2, -0.15) is 0 Å². The highest BCUT2D eigenvalue weighted by atomic mass is 16.7. The number of rotatable bonds is 8. The Morgan fingerprint density at radius 3 is 2.32 bits per heavy atom. The molecule has 0 radical (unpaired) electrons. The van der Waals surface area contributed by atoms with E-state index in [1.54, 1.807) is 20.8 Å². The van der Waals surface area contributed by atoms with Crippen LogP contribution in [0.1, 0.15) is 40.0 Å². The highest BCUT2D eigenvalue weighted by molar-refractivity contribution is 6.01. The van der Waals surface area contributed by atoms with E-state index in [2.05, 4.69) is 17.2 Å². The van der Waals surface area contributed by atoms with Crippen LogP contribution < -0.4 is 10.6 Å². The molecule has 156 valence electrons. The Hall–Kier alpha value is -3.11. The summed E-state index contributed by atoms with van der Waals surface area (Å²) in [5.74, 6) is -2.35. The summed E-state index contributed by atoms with van der Waals surface area (Å²) in [6.45, 7) is 8.26. The Bertz CT molecular complexity index is 625. The molecular formula is C17H25N3O8. The van der Waals surface area contributed by atoms with Gasteiger partial charge in [-0.25, -0.2) is 14.4 Å². The van der Waals surface area contributed by atoms with Crippen molar-refractivity contribution in [2.24, 2.45) is 0 Å². The summed E-state index contributed by atoms with van der Waals surface area (Å²) in [5, 5.41) is 5.05. The van der Waals surface area contributed by atoms with Crippen LogP contribution in [0.2, 0.25) is 0 Å². The number of carbonyl (C=O) groups excluding carboxylic acids is 5. The molecule has 0 aromatic carbocycles. The monoisotopic (exact) mass is 399 g/mol. The van der Waals surface area contributed by atoms with Gasteiger partial charge in [0.05, 0.1) is 0 Å². The van der Waals surface area contributed by atoms with E-state index in [0.29, 0.717) is 5.06 Å². The third kappa shape index (κ3) is 8.06. The molecule has 1 rings (SSSR count). The summed E-state index contributed by atoms with van der Waals surface area (Å²) in [7, 11) is 0. The van der Waals surface area contributed by atoms with Crippen molar-refractivity contribution in [3.63, 3.8) is 0 Å². The van der Waals surface area contributed by atoms with Gasteiger partial charge in [-0.15, -0.1) is 5.06 Å². The van der Waals surface area contributed by atoms with Gasteiger partial charge in [0, 0.05) is 19.4 Å². The molecule has 0 aromatic rings. The minimum absolute atomic E-state index is 0.00659. The molecular weight excluding hydrogens is 374 g/mol. The standard InChI is InChI=1S/C17H25N3O8/c1-5-10-26-15(24)18-9-8-11(19-16(25)27-17(2,3)4)14(23)28-20-12(21)6-7-13(20)22/h5,11H,1,6-10H2,2-4H3,(H,18,24)(H,19,25)/t11-/m0/s1. The molecule has 1 heterocycles. The first-order valence-electron chi connectivity index (χ1n) is 8.62. The second-order valence-corrected chi connectivity index (χ2v) is 6.79. The molecule has 0 aromatic heterocycles. The summed E-state index contributed by atoms with van der Waals surface area (Å²) in [4.78, 5) is 63.7. The normalized spacial score (nSPS) is 14.9. The Morgan fingerprint density at radius 2 is 1.79 bits per heavy atom. The Kier molecular flexibility index (Phi) is 8.42. The van der Waals surface area contributed by atoms with Crippen LogP contribution >= 0.6 is 0 Å². The van der Waals surface area contributed by atoms with Crippen LogP contribution in [0.4, 0.5) is 9.59 Å². The Balaban J connectivity index is 2.70. The third-order valence-electron chi connectivity index (χ3n) is 3.20. The van der Waals surface area contributed by atoms with Crippen molar-refractivity contribution in [3.05, 3.63) is 12.7 Å². The highest BCUT2D eigenvalue weighted by Crippen LogP contribution is 2.13. The minimum Gasteiger partial charge on any atom is -0.445 e. The lowest BCUT2D eigenvalue weighted by atomic mass is 10.2. The van der Waals surface area contributed by atoms with E-state index in [-0.39, 0.29) is 32.4 Å². The van der Waals surface area contributed by atoms with Crippen LogP contribution in [0.25, 0.3) is 0 Å². The van der Waals surface area contributed by atoms with Crippen molar-refractivity contribution >= 4 is 30.0 Å². The highest BCUT2D eigenvalue weighted by Gasteiger charge is 2.35. The SMILES string of the molecule is C=CCOC(=O)NCC[C@H](NC(=O)OC(C)(C)C)C(=O)ON1C(=O)CCC1=O. The number of nitrogens with one attached hydrogen (secondary N) is 2. The fourth-order valence-electron chi connectivity index (χ4n) is 2.01. The van der Waals surface area contributed by atoms with E-state index in [4.69, 9.17) is 14.3 Å². The molecule has 11 heteroatoms. The first-order chi connectivity index (χ1) is 13.0. The average molecular weight is 399 g/mol. The molecule has 0 aliphatic carbocycles. The van der Waals surface area contributed by atoms with Crippen molar-refractivity contribution in [2.75, 3.05) is 13.2 Å². The fourth-order valence-corrected chi connectivity index (χ4v) is 2.01. The summed E-state index contributed by atoms with van der Waals surface area (Å²) in [6.07, 6.45) is -0.484. The van der Waals surface area contributed by atoms with Crippen LogP contribution in [0.15, 0.2) is 12.7 Å². The second-order valence-electron chi connectivity index (χ2n) is 6.79. The van der Waals surface area contributed by atoms with E-state index >= 15 is 0 Å². The third-order valence-corrected chi connectivity index (χ3v) is 3.20. The number of hydrogen-bond acceptors (Lipinski definition) is 8. The lowest BCUT2D eigenvalue weighted by Gasteiger charge is -2.23. The lowest BCUT2D eigenvalue weighted by molar-refractivity contribution is -0.199. The molecule has 1 saturated heterocycles. The quantitative estimate of drug-likeness (QED) is 0.451. The molecule has 1 aliphatic heterocycles. The molecule has 0 unspecified atom stereocenters. The molecule has 0 bridgehead atoms. The van der Waals surface area contributed by atoms with Gasteiger partial charge < -0.3 is 24.9 Å². The van der Waals surface area contributed by atoms with Crippen molar-refractivity contribution < 1.29 is 38.3 Å². The molecule has 28 heavy (non-hydrogen) atoms. The van der Waals surface area contributed by atoms with Gasteiger partial charge in [0.25, 0.3) is 11.8 Å². The number of alkyl carbamates (subject to hydrolysis) is 2. The average Bonchev–Trinajstić information content (AvgIpc) is 2.89. The zero-order valence-electron chi connectivity index (χ0n) is 16.1. The maximum atomic E-state index is 12.3. The maximum Gasteiger partial charge on any atom is 0.408 e. The number of carbonyl (C=O) groups is 5. The van der Waals surface area contributed by atoms with Crippen LogP contribution in [0.3, 0.4) is 0 Å². The van der Waals surface area contributed by atoms with E-state index in [9.17, 15) is 24.0 Å².